The first-order valence-corrected chi connectivity index (χ1v) is 21.6. The average molecular weight is 913 g/mol. The third-order valence-electron chi connectivity index (χ3n) is 11.3. The maximum absolute atomic E-state index is 15.0. The lowest BCUT2D eigenvalue weighted by Gasteiger charge is -2.31. The van der Waals surface area contributed by atoms with E-state index in [1.54, 1.807) is 21.5 Å². The molecule has 8 nitrogen and oxygen atoms in total. The maximum Gasteiger partial charge on any atom is 0.165 e. The number of H-pyrrole nitrogens is 2. The fourth-order valence-corrected chi connectivity index (χ4v) is 9.88. The molecule has 2 aliphatic rings. The normalized spacial score (nSPS) is 16.6. The van der Waals surface area contributed by atoms with Crippen LogP contribution in [0.5, 0.6) is 0 Å². The van der Waals surface area contributed by atoms with E-state index in [0.29, 0.717) is 17.0 Å². The summed E-state index contributed by atoms with van der Waals surface area (Å²) < 4.78 is 33.8. The van der Waals surface area contributed by atoms with Gasteiger partial charge in [-0.1, -0.05) is 114 Å². The Labute approximate surface area is 367 Å². The van der Waals surface area contributed by atoms with Gasteiger partial charge in [0.25, 0.3) is 0 Å². The molecule has 2 N–H and O–H groups in total. The van der Waals surface area contributed by atoms with Gasteiger partial charge in [0.2, 0.25) is 0 Å². The summed E-state index contributed by atoms with van der Waals surface area (Å²) in [6.45, 7) is 11.5. The number of nitrogens with zero attached hydrogens (tertiary/aromatic N) is 6. The molecule has 310 valence electrons. The van der Waals surface area contributed by atoms with Crippen molar-refractivity contribution in [1.29, 1.82) is 0 Å². The van der Waals surface area contributed by atoms with E-state index < -0.39 is 5.82 Å². The second kappa shape index (κ2) is 17.7. The molecule has 0 radical (unpaired) electrons. The lowest BCUT2D eigenvalue weighted by Crippen LogP contribution is -2.32. The van der Waals surface area contributed by atoms with Crippen LogP contribution < -0.4 is 0 Å². The van der Waals surface area contributed by atoms with Crippen LogP contribution in [-0.2, 0) is 40.3 Å². The van der Waals surface area contributed by atoms with Gasteiger partial charge >= 0.3 is 0 Å². The van der Waals surface area contributed by atoms with Gasteiger partial charge in [0.1, 0.15) is 0 Å². The van der Waals surface area contributed by atoms with Gasteiger partial charge in [-0.3, -0.25) is 19.2 Å². The molecule has 13 heteroatoms. The molecule has 60 heavy (non-hydrogen) atoms. The smallest absolute Gasteiger partial charge is 0.165 e. The Morgan fingerprint density at radius 3 is 1.63 bits per heavy atom. The first-order valence-electron chi connectivity index (χ1n) is 20.0. The first-order chi connectivity index (χ1) is 28.8. The van der Waals surface area contributed by atoms with Crippen molar-refractivity contribution in [2.45, 2.75) is 58.8 Å². The molecule has 2 aliphatic heterocycles. The number of aromatic nitrogens is 6. The highest BCUT2D eigenvalue weighted by atomic mass is 79.9. The van der Waals surface area contributed by atoms with Gasteiger partial charge in [0.15, 0.2) is 11.6 Å². The molecular formula is C47H47BrCl2F2N8. The van der Waals surface area contributed by atoms with Crippen LogP contribution in [0.2, 0.25) is 10.0 Å². The Kier molecular flexibility index (Phi) is 12.4. The van der Waals surface area contributed by atoms with Gasteiger partial charge < -0.3 is 9.97 Å². The number of nitrogens with one attached hydrogen (secondary N) is 2. The van der Waals surface area contributed by atoms with Gasteiger partial charge in [-0.2, -0.15) is 10.2 Å². The minimum absolute atomic E-state index is 0.116. The van der Waals surface area contributed by atoms with Crippen molar-refractivity contribution in [2.75, 3.05) is 13.1 Å². The molecule has 4 aromatic heterocycles. The summed E-state index contributed by atoms with van der Waals surface area (Å²) in [5.41, 5.74) is 10.8. The minimum atomic E-state index is -0.391. The van der Waals surface area contributed by atoms with E-state index >= 15 is 0 Å². The Morgan fingerprint density at radius 2 is 1.17 bits per heavy atom. The highest BCUT2D eigenvalue weighted by Gasteiger charge is 2.31. The van der Waals surface area contributed by atoms with Gasteiger partial charge in [-0.15, -0.1) is 0 Å². The van der Waals surface area contributed by atoms with E-state index in [4.69, 9.17) is 23.2 Å². The molecule has 10 rings (SSSR count). The van der Waals surface area contributed by atoms with Crippen molar-refractivity contribution in [1.82, 2.24) is 39.3 Å². The number of aryl methyl sites for hydroxylation is 3. The van der Waals surface area contributed by atoms with Gasteiger partial charge in [0, 0.05) is 110 Å². The number of fused-ring (bicyclic) bond motifs is 6. The summed E-state index contributed by atoms with van der Waals surface area (Å²) in [7, 11) is 3.79. The summed E-state index contributed by atoms with van der Waals surface area (Å²) in [6, 6.07) is 28.2. The summed E-state index contributed by atoms with van der Waals surface area (Å²) in [5, 5.41) is 10.6. The van der Waals surface area contributed by atoms with E-state index in [1.165, 1.54) is 16.7 Å². The Morgan fingerprint density at radius 1 is 0.683 bits per heavy atom. The molecule has 0 saturated heterocycles. The minimum Gasteiger partial charge on any atom is -0.355 e. The number of hydrogen-bond acceptors (Lipinski definition) is 4. The molecular weight excluding hydrogens is 865 g/mol. The topological polar surface area (TPSA) is 73.7 Å². The number of benzene rings is 4. The largest absolute Gasteiger partial charge is 0.355 e. The number of rotatable bonds is 5. The van der Waals surface area contributed by atoms with Crippen LogP contribution in [0.25, 0.3) is 33.1 Å². The van der Waals surface area contributed by atoms with E-state index in [2.05, 4.69) is 108 Å². The van der Waals surface area contributed by atoms with Gasteiger partial charge in [-0.25, -0.2) is 8.78 Å². The van der Waals surface area contributed by atoms with Crippen LogP contribution in [0, 0.1) is 18.6 Å². The molecule has 8 aromatic rings. The zero-order valence-electron chi connectivity index (χ0n) is 34.2. The SMILES string of the molecule is CC1CN(Cc2ccccc2)Cc2c1[nH]c1c(F)c(Cl)cc(-c3ccn(C)n3)c21.CC1CN(Cc2ccccc2)Cc2c1[nH]c1c(F)c(Cl)cc(Br)c21.Cc1ccn(C)n1. The van der Waals surface area contributed by atoms with Crippen molar-refractivity contribution in [3.05, 3.63) is 163 Å². The van der Waals surface area contributed by atoms with Crippen LogP contribution in [0.4, 0.5) is 8.78 Å². The fourth-order valence-electron chi connectivity index (χ4n) is 8.67. The van der Waals surface area contributed by atoms with E-state index in [-0.39, 0.29) is 21.8 Å². The van der Waals surface area contributed by atoms with Gasteiger partial charge in [0.05, 0.1) is 32.5 Å². The van der Waals surface area contributed by atoms with E-state index in [9.17, 15) is 8.78 Å². The summed E-state index contributed by atoms with van der Waals surface area (Å²) in [4.78, 5) is 11.5. The van der Waals surface area contributed by atoms with Crippen molar-refractivity contribution >= 4 is 60.9 Å². The van der Waals surface area contributed by atoms with Gasteiger partial charge in [-0.05, 0) is 53.4 Å². The molecule has 0 fully saturated rings. The summed E-state index contributed by atoms with van der Waals surface area (Å²) >= 11 is 15.8. The average Bonchev–Trinajstić information content (AvgIpc) is 4.02. The molecule has 0 bridgehead atoms. The van der Waals surface area contributed by atoms with Crippen molar-refractivity contribution in [3.8, 4) is 11.3 Å². The molecule has 0 saturated carbocycles. The third kappa shape index (κ3) is 8.69. The van der Waals surface area contributed by atoms with Crippen LogP contribution >= 0.6 is 39.1 Å². The molecule has 0 amide bonds. The highest BCUT2D eigenvalue weighted by molar-refractivity contribution is 9.10. The van der Waals surface area contributed by atoms with E-state index in [1.807, 2.05) is 57.7 Å². The maximum atomic E-state index is 15.0. The van der Waals surface area contributed by atoms with Crippen molar-refractivity contribution < 1.29 is 8.78 Å². The standard InChI is InChI=1S/C23H22ClFN4.C19H17BrClFN2.C5H8N2/c1-14-11-29(12-15-6-4-3-5-7-15)13-17-20-16(19-8-9-28(2)27-19)10-18(24)21(25)23(20)26-22(14)17;1-11-8-24(9-12-5-3-2-4-6-12)10-13-16-14(20)7-15(21)17(22)19(16)23-18(11)13;1-5-3-4-7(2)6-5/h3-10,14,26H,11-13H2,1-2H3;2-7,11,23H,8-10H2,1H3;3-4H,1-2H3. The molecule has 2 unspecified atom stereocenters. The molecule has 0 aliphatic carbocycles. The second-order valence-corrected chi connectivity index (χ2v) is 17.7. The second-order valence-electron chi connectivity index (χ2n) is 16.0. The van der Waals surface area contributed by atoms with Crippen LogP contribution in [-0.4, -0.2) is 52.4 Å². The molecule has 4 aromatic carbocycles. The van der Waals surface area contributed by atoms with E-state index in [0.717, 1.165) is 88.4 Å². The predicted molar refractivity (Wildman–Crippen MR) is 242 cm³/mol. The number of hydrogen-bond donors (Lipinski definition) is 2. The van der Waals surface area contributed by atoms with Crippen LogP contribution in [0.1, 0.15) is 65.0 Å². The molecule has 6 heterocycles. The van der Waals surface area contributed by atoms with Crippen LogP contribution in [0.15, 0.2) is 102 Å². The van der Waals surface area contributed by atoms with Crippen molar-refractivity contribution in [2.24, 2.45) is 14.1 Å². The number of halogens is 5. The molecule has 0 spiro atoms. The zero-order valence-corrected chi connectivity index (χ0v) is 37.3. The lowest BCUT2D eigenvalue weighted by molar-refractivity contribution is 0.226. The number of aromatic amines is 2. The first kappa shape index (κ1) is 41.9. The Hall–Kier alpha value is -4.78. The monoisotopic (exact) mass is 910 g/mol. The fraction of sp³-hybridized carbons (Fsp3) is 0.277. The highest BCUT2D eigenvalue weighted by Crippen LogP contribution is 2.43. The summed E-state index contributed by atoms with van der Waals surface area (Å²) in [5.74, 6) is -0.178. The zero-order chi connectivity index (χ0) is 42.2. The third-order valence-corrected chi connectivity index (χ3v) is 12.5. The summed E-state index contributed by atoms with van der Waals surface area (Å²) in [6.07, 6.45) is 3.82. The molecule has 2 atom stereocenters. The Bertz CT molecular complexity index is 2760. The Balaban J connectivity index is 0.000000145. The van der Waals surface area contributed by atoms with Crippen molar-refractivity contribution in [3.63, 3.8) is 0 Å². The predicted octanol–water partition coefficient (Wildman–Crippen LogP) is 12.1. The lowest BCUT2D eigenvalue weighted by atomic mass is 9.93. The quantitative estimate of drug-likeness (QED) is 0.169. The van der Waals surface area contributed by atoms with Crippen LogP contribution in [0.3, 0.4) is 0 Å².